The first-order valence-corrected chi connectivity index (χ1v) is 8.81. The smallest absolute Gasteiger partial charge is 0.410 e. The lowest BCUT2D eigenvalue weighted by molar-refractivity contribution is 0.0166. The number of nitrogens with zero attached hydrogens (tertiary/aromatic N) is 1. The van der Waals surface area contributed by atoms with Crippen LogP contribution in [0.5, 0.6) is 0 Å². The molecule has 1 spiro atoms. The van der Waals surface area contributed by atoms with Gasteiger partial charge in [-0.15, -0.1) is 0 Å². The minimum atomic E-state index is -0.490. The second-order valence-corrected chi connectivity index (χ2v) is 8.35. The first kappa shape index (κ1) is 17.3. The van der Waals surface area contributed by atoms with Crippen molar-refractivity contribution >= 4 is 23.5 Å². The molecule has 1 aromatic rings. The van der Waals surface area contributed by atoms with E-state index in [1.165, 1.54) is 0 Å². The van der Waals surface area contributed by atoms with E-state index in [-0.39, 0.29) is 17.3 Å². The summed E-state index contributed by atoms with van der Waals surface area (Å²) in [6.45, 7) is 8.75. The molecule has 1 aliphatic carbocycles. The second kappa shape index (κ2) is 5.76. The van der Waals surface area contributed by atoms with Crippen molar-refractivity contribution in [2.75, 3.05) is 13.1 Å². The molecule has 0 unspecified atom stereocenters. The zero-order valence-corrected chi connectivity index (χ0v) is 15.5. The van der Waals surface area contributed by atoms with Gasteiger partial charge in [-0.2, -0.15) is 0 Å². The Hall–Kier alpha value is -1.55. The van der Waals surface area contributed by atoms with E-state index in [2.05, 4.69) is 0 Å². The molecule has 0 atom stereocenters. The van der Waals surface area contributed by atoms with Gasteiger partial charge in [0.2, 0.25) is 0 Å². The van der Waals surface area contributed by atoms with Crippen LogP contribution >= 0.6 is 11.6 Å². The highest BCUT2D eigenvalue weighted by molar-refractivity contribution is 6.32. The minimum absolute atomic E-state index is 0.153. The Kier molecular flexibility index (Phi) is 4.15. The Morgan fingerprint density at radius 2 is 1.88 bits per heavy atom. The van der Waals surface area contributed by atoms with E-state index >= 15 is 0 Å². The van der Waals surface area contributed by atoms with Crippen LogP contribution in [0.25, 0.3) is 0 Å². The average Bonchev–Trinajstić information content (AvgIpc) is 2.74. The largest absolute Gasteiger partial charge is 0.444 e. The van der Waals surface area contributed by atoms with Crippen molar-refractivity contribution in [2.24, 2.45) is 0 Å². The van der Waals surface area contributed by atoms with Crippen molar-refractivity contribution in [3.63, 3.8) is 0 Å². The molecule has 24 heavy (non-hydrogen) atoms. The number of piperidine rings is 1. The van der Waals surface area contributed by atoms with Crippen LogP contribution in [0.2, 0.25) is 5.02 Å². The van der Waals surface area contributed by atoms with Crippen LogP contribution in [0.15, 0.2) is 12.1 Å². The molecule has 0 saturated carbocycles. The van der Waals surface area contributed by atoms with Crippen LogP contribution in [0.4, 0.5) is 4.79 Å². The molecule has 0 radical (unpaired) electrons. The van der Waals surface area contributed by atoms with E-state index in [0.29, 0.717) is 24.5 Å². The van der Waals surface area contributed by atoms with Crippen molar-refractivity contribution in [2.45, 2.75) is 58.0 Å². The Morgan fingerprint density at radius 3 is 2.46 bits per heavy atom. The van der Waals surface area contributed by atoms with Gasteiger partial charge >= 0.3 is 6.09 Å². The molecule has 2 aliphatic rings. The summed E-state index contributed by atoms with van der Waals surface area (Å²) in [7, 11) is 0. The molecule has 1 aliphatic heterocycles. The quantitative estimate of drug-likeness (QED) is 0.692. The zero-order valence-electron chi connectivity index (χ0n) is 14.7. The Bertz CT molecular complexity index is 697. The summed E-state index contributed by atoms with van der Waals surface area (Å²) in [6, 6.07) is 3.88. The third-order valence-electron chi connectivity index (χ3n) is 5.12. The van der Waals surface area contributed by atoms with Crippen molar-refractivity contribution in [1.29, 1.82) is 0 Å². The van der Waals surface area contributed by atoms with Crippen LogP contribution in [0.3, 0.4) is 0 Å². The number of fused-ring (bicyclic) bond motifs is 2. The van der Waals surface area contributed by atoms with Gasteiger partial charge < -0.3 is 9.64 Å². The number of rotatable bonds is 0. The fourth-order valence-electron chi connectivity index (χ4n) is 3.87. The number of benzene rings is 1. The maximum Gasteiger partial charge on any atom is 0.410 e. The number of halogens is 1. The van der Waals surface area contributed by atoms with Gasteiger partial charge in [-0.05, 0) is 57.7 Å². The predicted molar refractivity (Wildman–Crippen MR) is 93.9 cm³/mol. The molecule has 1 heterocycles. The molecule has 1 amide bonds. The van der Waals surface area contributed by atoms with Gasteiger partial charge in [-0.25, -0.2) is 4.79 Å². The topological polar surface area (TPSA) is 46.6 Å². The van der Waals surface area contributed by atoms with Gasteiger partial charge in [0.1, 0.15) is 5.60 Å². The number of Topliss-reactive ketones (excluding diaryl/α,β-unsaturated/α-hetero) is 1. The van der Waals surface area contributed by atoms with Crippen molar-refractivity contribution < 1.29 is 14.3 Å². The van der Waals surface area contributed by atoms with E-state index in [1.807, 2.05) is 39.8 Å². The number of amides is 1. The van der Waals surface area contributed by atoms with Crippen molar-refractivity contribution in [3.8, 4) is 0 Å². The summed E-state index contributed by atoms with van der Waals surface area (Å²) in [6.07, 6.45) is 1.82. The van der Waals surface area contributed by atoms with E-state index in [9.17, 15) is 9.59 Å². The Balaban J connectivity index is 1.80. The van der Waals surface area contributed by atoms with E-state index in [4.69, 9.17) is 16.3 Å². The van der Waals surface area contributed by atoms with E-state index < -0.39 is 5.60 Å². The molecule has 0 aromatic heterocycles. The van der Waals surface area contributed by atoms with Crippen LogP contribution < -0.4 is 0 Å². The fraction of sp³-hybridized carbons (Fsp3) is 0.579. The second-order valence-electron chi connectivity index (χ2n) is 7.94. The Labute approximate surface area is 148 Å². The molecule has 0 bridgehead atoms. The lowest BCUT2D eigenvalue weighted by atomic mass is 9.73. The molecular formula is C19H24ClNO3. The summed E-state index contributed by atoms with van der Waals surface area (Å²) in [5, 5.41) is 0.644. The summed E-state index contributed by atoms with van der Waals surface area (Å²) in [4.78, 5) is 26.5. The lowest BCUT2D eigenvalue weighted by Crippen LogP contribution is -2.46. The number of ether oxygens (including phenoxy) is 1. The molecule has 4 nitrogen and oxygen atoms in total. The standard InChI is InChI=1S/C19H24ClNO3/c1-12-14(20)6-5-13-16(12)15(22)11-19(13)7-9-21(10-8-19)17(23)24-18(2,3)4/h5-6H,7-11H2,1-4H3. The number of likely N-dealkylation sites (tertiary alicyclic amines) is 1. The van der Waals surface area contributed by atoms with Gasteiger partial charge in [-0.1, -0.05) is 17.7 Å². The SMILES string of the molecule is Cc1c(Cl)ccc2c1C(=O)CC21CCN(C(=O)OC(C)(C)C)CC1. The summed E-state index contributed by atoms with van der Waals surface area (Å²) in [5.74, 6) is 0.177. The number of ketones is 1. The molecule has 130 valence electrons. The highest BCUT2D eigenvalue weighted by Crippen LogP contribution is 2.48. The maximum atomic E-state index is 12.6. The molecule has 1 fully saturated rings. The maximum absolute atomic E-state index is 12.6. The highest BCUT2D eigenvalue weighted by Gasteiger charge is 2.46. The van der Waals surface area contributed by atoms with Crippen LogP contribution in [0, 0.1) is 6.92 Å². The summed E-state index contributed by atoms with van der Waals surface area (Å²) < 4.78 is 5.46. The van der Waals surface area contributed by atoms with E-state index in [0.717, 1.165) is 29.5 Å². The van der Waals surface area contributed by atoms with Gasteiger partial charge in [0.25, 0.3) is 0 Å². The lowest BCUT2D eigenvalue weighted by Gasteiger charge is -2.40. The number of hydrogen-bond donors (Lipinski definition) is 0. The van der Waals surface area contributed by atoms with Crippen LogP contribution in [0.1, 0.15) is 61.5 Å². The third kappa shape index (κ3) is 2.92. The molecular weight excluding hydrogens is 326 g/mol. The monoisotopic (exact) mass is 349 g/mol. The first-order valence-electron chi connectivity index (χ1n) is 8.44. The van der Waals surface area contributed by atoms with Gasteiger partial charge in [0.15, 0.2) is 5.78 Å². The minimum Gasteiger partial charge on any atom is -0.444 e. The molecule has 1 aromatic carbocycles. The number of carbonyl (C=O) groups excluding carboxylic acids is 2. The normalized spacial score (nSPS) is 19.5. The average molecular weight is 350 g/mol. The van der Waals surface area contributed by atoms with E-state index in [1.54, 1.807) is 4.90 Å². The third-order valence-corrected chi connectivity index (χ3v) is 5.53. The number of hydrogen-bond acceptors (Lipinski definition) is 3. The highest BCUT2D eigenvalue weighted by atomic mass is 35.5. The zero-order chi connectivity index (χ0) is 17.7. The van der Waals surface area contributed by atoms with Crippen LogP contribution in [-0.2, 0) is 10.2 Å². The van der Waals surface area contributed by atoms with Gasteiger partial charge in [0.05, 0.1) is 0 Å². The van der Waals surface area contributed by atoms with Crippen molar-refractivity contribution in [3.05, 3.63) is 33.8 Å². The predicted octanol–water partition coefficient (Wildman–Crippen LogP) is 4.50. The molecule has 1 saturated heterocycles. The first-order chi connectivity index (χ1) is 11.1. The summed E-state index contributed by atoms with van der Waals surface area (Å²) in [5.41, 5.74) is 2.15. The van der Waals surface area contributed by atoms with Gasteiger partial charge in [0, 0.05) is 35.5 Å². The van der Waals surface area contributed by atoms with Crippen LogP contribution in [-0.4, -0.2) is 35.5 Å². The molecule has 0 N–H and O–H groups in total. The van der Waals surface area contributed by atoms with Gasteiger partial charge in [-0.3, -0.25) is 4.79 Å². The number of carbonyl (C=O) groups is 2. The Morgan fingerprint density at radius 1 is 1.25 bits per heavy atom. The molecule has 5 heteroatoms. The summed E-state index contributed by atoms with van der Waals surface area (Å²) >= 11 is 6.19. The van der Waals surface area contributed by atoms with Crippen molar-refractivity contribution in [1.82, 2.24) is 4.90 Å². The fourth-order valence-corrected chi connectivity index (χ4v) is 4.03. The molecule has 3 rings (SSSR count).